The first-order valence-corrected chi connectivity index (χ1v) is 29.2. The highest BCUT2D eigenvalue weighted by molar-refractivity contribution is 7.47. The molecule has 0 radical (unpaired) electrons. The van der Waals surface area contributed by atoms with E-state index in [9.17, 15) is 14.3 Å². The molecule has 0 aliphatic rings. The number of rotatable bonds is 51. The summed E-state index contributed by atoms with van der Waals surface area (Å²) in [5.74, 6) is -0.347. The van der Waals surface area contributed by atoms with Crippen molar-refractivity contribution in [3.8, 4) is 0 Å². The molecule has 3 N–H and O–H groups in total. The summed E-state index contributed by atoms with van der Waals surface area (Å²) in [6.45, 7) is 4.61. The first-order valence-electron chi connectivity index (χ1n) is 27.7. The van der Waals surface area contributed by atoms with Gasteiger partial charge in [-0.2, -0.15) is 0 Å². The van der Waals surface area contributed by atoms with E-state index in [2.05, 4.69) is 148 Å². The van der Waals surface area contributed by atoms with Gasteiger partial charge in [0.2, 0.25) is 0 Å². The number of esters is 1. The van der Waals surface area contributed by atoms with Gasteiger partial charge in [0, 0.05) is 19.6 Å². The topological polar surface area (TPSA) is 117 Å². The van der Waals surface area contributed by atoms with E-state index in [4.69, 9.17) is 24.3 Å². The number of carbonyl (C=O) groups is 1. The molecule has 2 atom stereocenters. The molecule has 0 rings (SSSR count). The van der Waals surface area contributed by atoms with Crippen LogP contribution in [0.25, 0.3) is 0 Å². The van der Waals surface area contributed by atoms with Crippen LogP contribution in [0.1, 0.15) is 206 Å². The Labute approximate surface area is 429 Å². The molecule has 0 aromatic heterocycles. The normalized spacial score (nSPS) is 14.3. The molecule has 0 spiro atoms. The van der Waals surface area contributed by atoms with Gasteiger partial charge in [0.1, 0.15) is 6.10 Å². The van der Waals surface area contributed by atoms with Gasteiger partial charge in [-0.3, -0.25) is 13.8 Å². The Morgan fingerprint density at radius 3 is 1.13 bits per heavy atom. The summed E-state index contributed by atoms with van der Waals surface area (Å²) in [7, 11) is -4.31. The zero-order chi connectivity index (χ0) is 50.8. The van der Waals surface area contributed by atoms with Crippen LogP contribution >= 0.6 is 7.82 Å². The highest BCUT2D eigenvalue weighted by Gasteiger charge is 2.25. The van der Waals surface area contributed by atoms with Crippen molar-refractivity contribution in [2.45, 2.75) is 213 Å². The third kappa shape index (κ3) is 55.6. The molecule has 70 heavy (non-hydrogen) atoms. The molecule has 2 unspecified atom stereocenters. The quantitative estimate of drug-likeness (QED) is 0.0268. The Morgan fingerprint density at radius 2 is 0.757 bits per heavy atom. The summed E-state index contributed by atoms with van der Waals surface area (Å²) in [5.41, 5.74) is 5.40. The Bertz CT molecular complexity index is 1530. The summed E-state index contributed by atoms with van der Waals surface area (Å²) in [6.07, 6.45) is 80.7. The summed E-state index contributed by atoms with van der Waals surface area (Å²) >= 11 is 0. The first-order chi connectivity index (χ1) is 34.4. The van der Waals surface area contributed by atoms with Gasteiger partial charge in [-0.05, 0) is 109 Å². The largest absolute Gasteiger partial charge is 0.472 e. The fraction of sp³-hybridized carbons (Fsp3) is 0.623. The smallest absolute Gasteiger partial charge is 0.457 e. The molecule has 0 aromatic rings. The molecule has 0 saturated heterocycles. The van der Waals surface area contributed by atoms with Crippen LogP contribution < -0.4 is 5.73 Å². The number of allylic oxidation sites excluding steroid dienone is 22. The number of nitrogens with two attached hydrogens (primary N) is 1. The average Bonchev–Trinajstić information content (AvgIpc) is 3.35. The minimum atomic E-state index is -4.31. The Balaban J connectivity index is 4.02. The number of unbranched alkanes of at least 4 members (excludes halogenated alkanes) is 16. The molecule has 8 nitrogen and oxygen atoms in total. The summed E-state index contributed by atoms with van der Waals surface area (Å²) in [4.78, 5) is 22.7. The van der Waals surface area contributed by atoms with Gasteiger partial charge >= 0.3 is 13.8 Å². The van der Waals surface area contributed by atoms with Crippen molar-refractivity contribution in [3.63, 3.8) is 0 Å². The van der Waals surface area contributed by atoms with Crippen LogP contribution in [0, 0.1) is 0 Å². The second kappa shape index (κ2) is 56.6. The van der Waals surface area contributed by atoms with Crippen LogP contribution in [0.15, 0.2) is 134 Å². The highest BCUT2D eigenvalue weighted by atomic mass is 31.2. The van der Waals surface area contributed by atoms with Gasteiger partial charge in [0.25, 0.3) is 0 Å². The molecule has 0 heterocycles. The van der Waals surface area contributed by atoms with E-state index in [1.165, 1.54) is 64.2 Å². The second-order valence-electron chi connectivity index (χ2n) is 17.7. The predicted molar refractivity (Wildman–Crippen MR) is 302 cm³/mol. The summed E-state index contributed by atoms with van der Waals surface area (Å²) in [6, 6.07) is 0. The van der Waals surface area contributed by atoms with E-state index < -0.39 is 13.9 Å². The molecule has 9 heteroatoms. The lowest BCUT2D eigenvalue weighted by Crippen LogP contribution is -2.28. The van der Waals surface area contributed by atoms with E-state index in [1.807, 2.05) is 0 Å². The fourth-order valence-electron chi connectivity index (χ4n) is 7.09. The van der Waals surface area contributed by atoms with Crippen molar-refractivity contribution >= 4 is 13.8 Å². The Kier molecular flexibility index (Phi) is 53.8. The number of carbonyl (C=O) groups excluding carboxylic acids is 1. The Morgan fingerprint density at radius 1 is 0.429 bits per heavy atom. The number of phosphoric acid groups is 1. The second-order valence-corrected chi connectivity index (χ2v) is 19.1. The standard InChI is InChI=1S/C61H102NO7P/c1-3-5-7-9-11-13-15-17-19-21-23-25-27-29-31-33-35-37-39-41-43-45-47-49-51-53-56-66-58-60(59-68-70(64,65)67-57-55-62)69-61(63)54-52-50-48-46-44-42-40-38-36-34-32-30-28-26-24-22-20-18-16-14-12-10-8-6-4-2/h5-8,11-14,17-20,23-26,29,31,35,37,41,43,60H,3-4,9-10,15-16,21-22,27-28,30,32-34,36,38-40,42,44-59,62H2,1-2H3,(H,64,65)/b7-5-,8-6-,13-11-,14-12-,19-17-,20-18-,25-23-,26-24-,31-29-,37-35-,43-41-. The van der Waals surface area contributed by atoms with Crippen molar-refractivity contribution in [2.24, 2.45) is 5.73 Å². The van der Waals surface area contributed by atoms with Crippen molar-refractivity contribution in [3.05, 3.63) is 134 Å². The summed E-state index contributed by atoms with van der Waals surface area (Å²) < 4.78 is 33.6. The van der Waals surface area contributed by atoms with Crippen LogP contribution in [-0.4, -0.2) is 49.9 Å². The zero-order valence-electron chi connectivity index (χ0n) is 44.4. The number of hydrogen-bond donors (Lipinski definition) is 2. The molecular weight excluding hydrogens is 890 g/mol. The van der Waals surface area contributed by atoms with E-state index in [1.54, 1.807) is 0 Å². The van der Waals surface area contributed by atoms with E-state index in [0.717, 1.165) is 122 Å². The van der Waals surface area contributed by atoms with Crippen LogP contribution in [0.3, 0.4) is 0 Å². The maximum absolute atomic E-state index is 12.7. The predicted octanol–water partition coefficient (Wildman–Crippen LogP) is 17.9. The average molecular weight is 992 g/mol. The van der Waals surface area contributed by atoms with Crippen LogP contribution in [0.2, 0.25) is 0 Å². The molecule has 0 bridgehead atoms. The lowest BCUT2D eigenvalue weighted by atomic mass is 10.0. The van der Waals surface area contributed by atoms with Gasteiger partial charge < -0.3 is 20.1 Å². The van der Waals surface area contributed by atoms with Gasteiger partial charge in [0.15, 0.2) is 0 Å². The van der Waals surface area contributed by atoms with E-state index in [-0.39, 0.29) is 32.3 Å². The van der Waals surface area contributed by atoms with Crippen LogP contribution in [0.5, 0.6) is 0 Å². The van der Waals surface area contributed by atoms with E-state index >= 15 is 0 Å². The number of hydrogen-bond acceptors (Lipinski definition) is 7. The molecular formula is C61H102NO7P. The molecule has 0 saturated carbocycles. The first kappa shape index (κ1) is 66.6. The molecule has 0 aromatic carbocycles. The molecule has 0 aliphatic carbocycles. The number of ether oxygens (including phenoxy) is 2. The van der Waals surface area contributed by atoms with Gasteiger partial charge in [-0.1, -0.05) is 225 Å². The van der Waals surface area contributed by atoms with Crippen molar-refractivity contribution in [1.29, 1.82) is 0 Å². The van der Waals surface area contributed by atoms with Crippen molar-refractivity contribution in [1.82, 2.24) is 0 Å². The van der Waals surface area contributed by atoms with Gasteiger partial charge in [-0.15, -0.1) is 0 Å². The van der Waals surface area contributed by atoms with Gasteiger partial charge in [0.05, 0.1) is 19.8 Å². The lowest BCUT2D eigenvalue weighted by Gasteiger charge is -2.20. The molecule has 0 aliphatic heterocycles. The monoisotopic (exact) mass is 992 g/mol. The maximum Gasteiger partial charge on any atom is 0.472 e. The van der Waals surface area contributed by atoms with Crippen molar-refractivity contribution < 1.29 is 32.8 Å². The molecule has 0 amide bonds. The van der Waals surface area contributed by atoms with Crippen LogP contribution in [0.4, 0.5) is 0 Å². The van der Waals surface area contributed by atoms with Gasteiger partial charge in [-0.25, -0.2) is 4.57 Å². The summed E-state index contributed by atoms with van der Waals surface area (Å²) in [5, 5.41) is 0. The SMILES string of the molecule is CC/C=C\C/C=C\C/C=C\C/C=C\C/C=C\C/C=C\C/C=C\CCCCCCOCC(COP(=O)(O)OCCN)OC(=O)CCCCCCCCCCCCCC/C=C\C/C=C\C/C=C\C/C=C\CC. The highest BCUT2D eigenvalue weighted by Crippen LogP contribution is 2.43. The minimum Gasteiger partial charge on any atom is -0.457 e. The molecule has 0 fully saturated rings. The van der Waals surface area contributed by atoms with Crippen molar-refractivity contribution in [2.75, 3.05) is 33.0 Å². The Hall–Kier alpha value is -3.36. The minimum absolute atomic E-state index is 0.0880. The third-order valence-electron chi connectivity index (χ3n) is 11.1. The maximum atomic E-state index is 12.7. The number of phosphoric ester groups is 1. The fourth-order valence-corrected chi connectivity index (χ4v) is 7.85. The molecule has 398 valence electrons. The zero-order valence-corrected chi connectivity index (χ0v) is 45.3. The van der Waals surface area contributed by atoms with Crippen LogP contribution in [-0.2, 0) is 27.9 Å². The third-order valence-corrected chi connectivity index (χ3v) is 12.0. The lowest BCUT2D eigenvalue weighted by molar-refractivity contribution is -0.154. The van der Waals surface area contributed by atoms with E-state index in [0.29, 0.717) is 13.0 Å².